The summed E-state index contributed by atoms with van der Waals surface area (Å²) < 4.78 is 45.6. The summed E-state index contributed by atoms with van der Waals surface area (Å²) in [6.07, 6.45) is 1.89. The number of rotatable bonds is 10. The van der Waals surface area contributed by atoms with Gasteiger partial charge in [0, 0.05) is 30.4 Å². The lowest BCUT2D eigenvalue weighted by molar-refractivity contribution is -0.119. The summed E-state index contributed by atoms with van der Waals surface area (Å²) in [6.45, 7) is 3.00. The minimum absolute atomic E-state index is 0.186. The van der Waals surface area contributed by atoms with Crippen LogP contribution in [0, 0.1) is 5.82 Å². The number of hydrogen-bond donors (Lipinski definition) is 2. The topological polar surface area (TPSA) is 122 Å². The summed E-state index contributed by atoms with van der Waals surface area (Å²) in [6, 6.07) is 9.27. The number of halogens is 1. The number of carbonyl (C=O) groups is 3. The molecule has 1 aliphatic rings. The van der Waals surface area contributed by atoms with E-state index in [0.29, 0.717) is 11.3 Å². The highest BCUT2D eigenvalue weighted by molar-refractivity contribution is 7.89. The molecule has 2 aromatic carbocycles. The van der Waals surface area contributed by atoms with Crippen molar-refractivity contribution in [1.82, 2.24) is 9.62 Å². The van der Waals surface area contributed by atoms with Gasteiger partial charge in [0.1, 0.15) is 5.82 Å². The second-order valence-electron chi connectivity index (χ2n) is 7.68. The molecule has 182 valence electrons. The predicted octanol–water partition coefficient (Wildman–Crippen LogP) is 2.54. The van der Waals surface area contributed by atoms with Crippen molar-refractivity contribution in [2.24, 2.45) is 0 Å². The van der Waals surface area contributed by atoms with Crippen LogP contribution in [0.2, 0.25) is 0 Å². The highest BCUT2D eigenvalue weighted by Gasteiger charge is 2.25. The lowest BCUT2D eigenvalue weighted by atomic mass is 10.2. The number of benzene rings is 2. The van der Waals surface area contributed by atoms with Crippen LogP contribution < -0.4 is 10.6 Å². The molecule has 0 spiro atoms. The zero-order valence-corrected chi connectivity index (χ0v) is 19.7. The molecule has 1 saturated carbocycles. The fourth-order valence-electron chi connectivity index (χ4n) is 3.17. The molecule has 0 bridgehead atoms. The quantitative estimate of drug-likeness (QED) is 0.493. The molecule has 0 atom stereocenters. The molecule has 2 amide bonds. The average molecular weight is 492 g/mol. The minimum atomic E-state index is -3.91. The summed E-state index contributed by atoms with van der Waals surface area (Å²) in [7, 11) is -3.91. The fraction of sp³-hybridized carbons (Fsp3) is 0.348. The van der Waals surface area contributed by atoms with Crippen molar-refractivity contribution in [2.45, 2.75) is 37.6 Å². The Morgan fingerprint density at radius 2 is 1.79 bits per heavy atom. The summed E-state index contributed by atoms with van der Waals surface area (Å²) in [5, 5.41) is 5.34. The minimum Gasteiger partial charge on any atom is -0.452 e. The lowest BCUT2D eigenvalue weighted by Gasteiger charge is -2.18. The number of nitrogens with one attached hydrogen (secondary N) is 2. The van der Waals surface area contributed by atoms with E-state index in [4.69, 9.17) is 4.74 Å². The van der Waals surface area contributed by atoms with E-state index in [1.165, 1.54) is 10.4 Å². The molecule has 0 saturated heterocycles. The molecule has 34 heavy (non-hydrogen) atoms. The smallest absolute Gasteiger partial charge is 0.341 e. The Morgan fingerprint density at radius 3 is 2.44 bits per heavy atom. The Balaban J connectivity index is 1.63. The van der Waals surface area contributed by atoms with Gasteiger partial charge in [-0.2, -0.15) is 4.31 Å². The number of hydrogen-bond acceptors (Lipinski definition) is 6. The zero-order valence-electron chi connectivity index (χ0n) is 18.8. The van der Waals surface area contributed by atoms with Crippen LogP contribution >= 0.6 is 0 Å². The molecule has 2 N–H and O–H groups in total. The van der Waals surface area contributed by atoms with Crippen molar-refractivity contribution < 1.29 is 31.9 Å². The number of sulfonamides is 1. The van der Waals surface area contributed by atoms with Crippen molar-refractivity contribution in [3.63, 3.8) is 0 Å². The lowest BCUT2D eigenvalue weighted by Crippen LogP contribution is -2.30. The molecule has 0 unspecified atom stereocenters. The van der Waals surface area contributed by atoms with Crippen LogP contribution in [0.5, 0.6) is 0 Å². The van der Waals surface area contributed by atoms with Crippen molar-refractivity contribution in [2.75, 3.05) is 25.0 Å². The third-order valence-electron chi connectivity index (χ3n) is 5.16. The Bertz CT molecular complexity index is 1190. The van der Waals surface area contributed by atoms with Crippen LogP contribution in [0.25, 0.3) is 0 Å². The largest absolute Gasteiger partial charge is 0.452 e. The molecule has 0 aliphatic heterocycles. The third kappa shape index (κ3) is 6.17. The first-order valence-corrected chi connectivity index (χ1v) is 12.3. The standard InChI is InChI=1S/C23H26FN3O6S/c1-3-27(4-2)34(31,32)18-10-11-20(24)19(13-18)23(30)33-14-21(28)25-17-7-5-6-15(12-17)22(29)26-16-8-9-16/h5-7,10-13,16H,3-4,8-9,14H2,1-2H3,(H,25,28)(H,26,29). The highest BCUT2D eigenvalue weighted by atomic mass is 32.2. The number of nitrogens with zero attached hydrogens (tertiary/aromatic N) is 1. The fourth-order valence-corrected chi connectivity index (χ4v) is 4.66. The molecule has 0 radical (unpaired) electrons. The van der Waals surface area contributed by atoms with Gasteiger partial charge in [-0.15, -0.1) is 0 Å². The van der Waals surface area contributed by atoms with Crippen LogP contribution in [0.1, 0.15) is 47.4 Å². The average Bonchev–Trinajstić information content (AvgIpc) is 3.62. The third-order valence-corrected chi connectivity index (χ3v) is 7.20. The second-order valence-corrected chi connectivity index (χ2v) is 9.62. The van der Waals surface area contributed by atoms with Gasteiger partial charge in [-0.3, -0.25) is 9.59 Å². The molecule has 1 fully saturated rings. The Labute approximate surface area is 197 Å². The maximum atomic E-state index is 14.2. The van der Waals surface area contributed by atoms with Crippen molar-refractivity contribution in [3.8, 4) is 0 Å². The van der Waals surface area contributed by atoms with E-state index in [1.807, 2.05) is 0 Å². The second kappa shape index (κ2) is 10.7. The zero-order chi connectivity index (χ0) is 24.9. The monoisotopic (exact) mass is 491 g/mol. The maximum Gasteiger partial charge on any atom is 0.341 e. The maximum absolute atomic E-state index is 14.2. The van der Waals surface area contributed by atoms with Crippen molar-refractivity contribution in [1.29, 1.82) is 0 Å². The Kier molecular flexibility index (Phi) is 8.00. The van der Waals surface area contributed by atoms with E-state index in [1.54, 1.807) is 32.0 Å². The van der Waals surface area contributed by atoms with E-state index < -0.39 is 39.9 Å². The van der Waals surface area contributed by atoms with E-state index >= 15 is 0 Å². The number of ether oxygens (including phenoxy) is 1. The predicted molar refractivity (Wildman–Crippen MR) is 122 cm³/mol. The normalized spacial score (nSPS) is 13.4. The first-order chi connectivity index (χ1) is 16.1. The Hall–Kier alpha value is -3.31. The first kappa shape index (κ1) is 25.3. The van der Waals surface area contributed by atoms with Crippen LogP contribution in [0.4, 0.5) is 10.1 Å². The number of amides is 2. The summed E-state index contributed by atoms with van der Waals surface area (Å²) >= 11 is 0. The number of anilines is 1. The molecule has 9 nitrogen and oxygen atoms in total. The Morgan fingerprint density at radius 1 is 1.09 bits per heavy atom. The van der Waals surface area contributed by atoms with Gasteiger partial charge in [0.25, 0.3) is 11.8 Å². The van der Waals surface area contributed by atoms with Gasteiger partial charge in [0.15, 0.2) is 6.61 Å². The van der Waals surface area contributed by atoms with Gasteiger partial charge in [0.05, 0.1) is 10.5 Å². The van der Waals surface area contributed by atoms with Gasteiger partial charge in [-0.25, -0.2) is 17.6 Å². The number of esters is 1. The van der Waals surface area contributed by atoms with Gasteiger partial charge in [-0.1, -0.05) is 19.9 Å². The first-order valence-electron chi connectivity index (χ1n) is 10.8. The van der Waals surface area contributed by atoms with Gasteiger partial charge in [0.2, 0.25) is 10.0 Å². The van der Waals surface area contributed by atoms with E-state index in [9.17, 15) is 27.2 Å². The highest BCUT2D eigenvalue weighted by Crippen LogP contribution is 2.21. The molecule has 0 aromatic heterocycles. The van der Waals surface area contributed by atoms with Crippen LogP contribution in [-0.4, -0.2) is 56.2 Å². The van der Waals surface area contributed by atoms with Crippen molar-refractivity contribution >= 4 is 33.5 Å². The molecule has 3 rings (SSSR count). The van der Waals surface area contributed by atoms with E-state index in [2.05, 4.69) is 10.6 Å². The summed E-state index contributed by atoms with van der Waals surface area (Å²) in [4.78, 5) is 36.5. The van der Waals surface area contributed by atoms with E-state index in [-0.39, 0.29) is 29.9 Å². The summed E-state index contributed by atoms with van der Waals surface area (Å²) in [5.41, 5.74) is 0.0951. The molecule has 2 aromatic rings. The van der Waals surface area contributed by atoms with Crippen LogP contribution in [0.3, 0.4) is 0 Å². The molecule has 11 heteroatoms. The molecule has 0 heterocycles. The van der Waals surface area contributed by atoms with Crippen LogP contribution in [-0.2, 0) is 19.6 Å². The molecular formula is C23H26FN3O6S. The molecule has 1 aliphatic carbocycles. The number of carbonyl (C=O) groups excluding carboxylic acids is 3. The SMILES string of the molecule is CCN(CC)S(=O)(=O)c1ccc(F)c(C(=O)OCC(=O)Nc2cccc(C(=O)NC3CC3)c2)c1. The van der Waals surface area contributed by atoms with Crippen molar-refractivity contribution in [3.05, 3.63) is 59.4 Å². The van der Waals surface area contributed by atoms with Crippen LogP contribution in [0.15, 0.2) is 47.4 Å². The van der Waals surface area contributed by atoms with E-state index in [0.717, 1.165) is 31.0 Å². The van der Waals surface area contributed by atoms with Gasteiger partial charge in [-0.05, 0) is 49.2 Å². The van der Waals surface area contributed by atoms with Gasteiger partial charge >= 0.3 is 5.97 Å². The molecular weight excluding hydrogens is 465 g/mol. The van der Waals surface area contributed by atoms with Gasteiger partial charge < -0.3 is 15.4 Å². The summed E-state index contributed by atoms with van der Waals surface area (Å²) in [5.74, 6) is -3.11.